The van der Waals surface area contributed by atoms with Crippen LogP contribution in [0.25, 0.3) is 0 Å². The van der Waals surface area contributed by atoms with E-state index < -0.39 is 0 Å². The molecule has 2 aromatic carbocycles. The lowest BCUT2D eigenvalue weighted by atomic mass is 10.1. The molecule has 0 aliphatic carbocycles. The van der Waals surface area contributed by atoms with Gasteiger partial charge in [-0.2, -0.15) is 0 Å². The monoisotopic (exact) mass is 274 g/mol. The van der Waals surface area contributed by atoms with Crippen molar-refractivity contribution in [3.05, 3.63) is 64.2 Å². The number of halogens is 1. The zero-order valence-electron chi connectivity index (χ0n) is 10.6. The van der Waals surface area contributed by atoms with Crippen LogP contribution in [0, 0.1) is 6.92 Å². The summed E-state index contributed by atoms with van der Waals surface area (Å²) in [7, 11) is 0. The predicted molar refractivity (Wildman–Crippen MR) is 78.2 cm³/mol. The van der Waals surface area contributed by atoms with Crippen LogP contribution in [0.3, 0.4) is 0 Å². The van der Waals surface area contributed by atoms with E-state index in [9.17, 15) is 4.79 Å². The van der Waals surface area contributed by atoms with E-state index in [0.29, 0.717) is 22.8 Å². The van der Waals surface area contributed by atoms with Crippen molar-refractivity contribution in [2.24, 2.45) is 0 Å². The van der Waals surface area contributed by atoms with Gasteiger partial charge < -0.3 is 11.1 Å². The first-order valence-electron chi connectivity index (χ1n) is 5.95. The maximum Gasteiger partial charge on any atom is 0.253 e. The van der Waals surface area contributed by atoms with Crippen molar-refractivity contribution < 1.29 is 4.79 Å². The third kappa shape index (κ3) is 3.26. The Morgan fingerprint density at radius 3 is 2.74 bits per heavy atom. The van der Waals surface area contributed by atoms with Crippen LogP contribution in [0.15, 0.2) is 42.5 Å². The van der Waals surface area contributed by atoms with E-state index in [4.69, 9.17) is 17.3 Å². The van der Waals surface area contributed by atoms with Gasteiger partial charge in [-0.3, -0.25) is 4.79 Å². The zero-order valence-corrected chi connectivity index (χ0v) is 11.4. The molecule has 0 saturated carbocycles. The van der Waals surface area contributed by atoms with Crippen molar-refractivity contribution in [1.82, 2.24) is 5.32 Å². The Kier molecular flexibility index (Phi) is 4.07. The smallest absolute Gasteiger partial charge is 0.253 e. The number of amides is 1. The SMILES string of the molecule is Cc1ccccc1CNC(=O)c1cc(Cl)ccc1N. The molecule has 98 valence electrons. The number of nitrogens with two attached hydrogens (primary N) is 1. The lowest BCUT2D eigenvalue weighted by molar-refractivity contribution is 0.0952. The highest BCUT2D eigenvalue weighted by molar-refractivity contribution is 6.31. The maximum atomic E-state index is 12.1. The Hall–Kier alpha value is -2.00. The molecule has 4 heteroatoms. The van der Waals surface area contributed by atoms with Crippen LogP contribution >= 0.6 is 11.6 Å². The lowest BCUT2D eigenvalue weighted by Gasteiger charge is -2.09. The van der Waals surface area contributed by atoms with E-state index in [0.717, 1.165) is 11.1 Å². The van der Waals surface area contributed by atoms with Crippen LogP contribution in [0.4, 0.5) is 5.69 Å². The molecule has 19 heavy (non-hydrogen) atoms. The van der Waals surface area contributed by atoms with Gasteiger partial charge in [-0.05, 0) is 36.2 Å². The van der Waals surface area contributed by atoms with E-state index in [1.165, 1.54) is 0 Å². The van der Waals surface area contributed by atoms with E-state index >= 15 is 0 Å². The molecule has 0 aliphatic rings. The van der Waals surface area contributed by atoms with Crippen molar-refractivity contribution >= 4 is 23.2 Å². The standard InChI is InChI=1S/C15H15ClN2O/c1-10-4-2-3-5-11(10)9-18-15(19)13-8-12(16)6-7-14(13)17/h2-8H,9,17H2,1H3,(H,18,19). The number of carbonyl (C=O) groups is 1. The molecule has 0 radical (unpaired) electrons. The molecule has 0 atom stereocenters. The summed E-state index contributed by atoms with van der Waals surface area (Å²) in [6, 6.07) is 12.8. The Morgan fingerprint density at radius 1 is 1.26 bits per heavy atom. The van der Waals surface area contributed by atoms with Gasteiger partial charge in [0.1, 0.15) is 0 Å². The second kappa shape index (κ2) is 5.76. The fourth-order valence-corrected chi connectivity index (χ4v) is 1.98. The molecule has 0 saturated heterocycles. The first-order valence-corrected chi connectivity index (χ1v) is 6.33. The quantitative estimate of drug-likeness (QED) is 0.845. The van der Waals surface area contributed by atoms with Crippen LogP contribution in [0.5, 0.6) is 0 Å². The normalized spacial score (nSPS) is 10.2. The summed E-state index contributed by atoms with van der Waals surface area (Å²) in [6.07, 6.45) is 0. The van der Waals surface area contributed by atoms with E-state index in [2.05, 4.69) is 5.32 Å². The average Bonchev–Trinajstić information content (AvgIpc) is 2.40. The largest absolute Gasteiger partial charge is 0.398 e. The Morgan fingerprint density at radius 2 is 2.00 bits per heavy atom. The number of carbonyl (C=O) groups excluding carboxylic acids is 1. The van der Waals surface area contributed by atoms with Gasteiger partial charge in [-0.15, -0.1) is 0 Å². The summed E-state index contributed by atoms with van der Waals surface area (Å²) in [5.74, 6) is -0.219. The predicted octanol–water partition coefficient (Wildman–Crippen LogP) is 3.16. The molecule has 0 bridgehead atoms. The molecule has 0 aromatic heterocycles. The number of hydrogen-bond acceptors (Lipinski definition) is 2. The molecule has 0 spiro atoms. The number of aryl methyl sites for hydroxylation is 1. The Balaban J connectivity index is 2.10. The van der Waals surface area contributed by atoms with E-state index in [1.54, 1.807) is 18.2 Å². The molecule has 2 rings (SSSR count). The van der Waals surface area contributed by atoms with E-state index in [1.807, 2.05) is 31.2 Å². The van der Waals surface area contributed by atoms with Gasteiger partial charge in [0.05, 0.1) is 5.56 Å². The minimum absolute atomic E-state index is 0.219. The summed E-state index contributed by atoms with van der Waals surface area (Å²) in [5.41, 5.74) is 8.82. The lowest BCUT2D eigenvalue weighted by Crippen LogP contribution is -2.24. The average molecular weight is 275 g/mol. The molecule has 3 nitrogen and oxygen atoms in total. The third-order valence-electron chi connectivity index (χ3n) is 2.96. The van der Waals surface area contributed by atoms with Crippen molar-refractivity contribution in [2.45, 2.75) is 13.5 Å². The van der Waals surface area contributed by atoms with Gasteiger partial charge in [0, 0.05) is 17.3 Å². The number of hydrogen-bond donors (Lipinski definition) is 2. The number of anilines is 1. The molecule has 2 aromatic rings. The van der Waals surface area contributed by atoms with Gasteiger partial charge in [0.25, 0.3) is 5.91 Å². The third-order valence-corrected chi connectivity index (χ3v) is 3.20. The van der Waals surface area contributed by atoms with Crippen molar-refractivity contribution in [2.75, 3.05) is 5.73 Å². The fourth-order valence-electron chi connectivity index (χ4n) is 1.80. The fraction of sp³-hybridized carbons (Fsp3) is 0.133. The van der Waals surface area contributed by atoms with Crippen LogP contribution in [-0.4, -0.2) is 5.91 Å². The minimum atomic E-state index is -0.219. The van der Waals surface area contributed by atoms with Crippen molar-refractivity contribution in [3.63, 3.8) is 0 Å². The minimum Gasteiger partial charge on any atom is -0.398 e. The first kappa shape index (κ1) is 13.4. The summed E-state index contributed by atoms with van der Waals surface area (Å²) in [4.78, 5) is 12.1. The van der Waals surface area contributed by atoms with Crippen LogP contribution in [0.2, 0.25) is 5.02 Å². The molecule has 3 N–H and O–H groups in total. The van der Waals surface area contributed by atoms with Gasteiger partial charge >= 0.3 is 0 Å². The summed E-state index contributed by atoms with van der Waals surface area (Å²) in [5, 5.41) is 3.34. The Bertz CT molecular complexity index is 611. The highest BCUT2D eigenvalue weighted by Crippen LogP contribution is 2.18. The van der Waals surface area contributed by atoms with E-state index in [-0.39, 0.29) is 5.91 Å². The van der Waals surface area contributed by atoms with Crippen LogP contribution in [-0.2, 0) is 6.54 Å². The molecule has 0 heterocycles. The van der Waals surface area contributed by atoms with Gasteiger partial charge in [-0.1, -0.05) is 35.9 Å². The molecular weight excluding hydrogens is 260 g/mol. The first-order chi connectivity index (χ1) is 9.08. The molecule has 0 unspecified atom stereocenters. The van der Waals surface area contributed by atoms with Gasteiger partial charge in [0.15, 0.2) is 0 Å². The van der Waals surface area contributed by atoms with Crippen molar-refractivity contribution in [1.29, 1.82) is 0 Å². The van der Waals surface area contributed by atoms with Gasteiger partial charge in [-0.25, -0.2) is 0 Å². The second-order valence-electron chi connectivity index (χ2n) is 4.34. The van der Waals surface area contributed by atoms with Crippen LogP contribution < -0.4 is 11.1 Å². The maximum absolute atomic E-state index is 12.1. The number of rotatable bonds is 3. The zero-order chi connectivity index (χ0) is 13.8. The number of nitrogen functional groups attached to an aromatic ring is 1. The van der Waals surface area contributed by atoms with Crippen LogP contribution in [0.1, 0.15) is 21.5 Å². The van der Waals surface area contributed by atoms with Gasteiger partial charge in [0.2, 0.25) is 0 Å². The highest BCUT2D eigenvalue weighted by Gasteiger charge is 2.10. The second-order valence-corrected chi connectivity index (χ2v) is 4.78. The molecule has 0 aliphatic heterocycles. The van der Waals surface area contributed by atoms with Crippen molar-refractivity contribution in [3.8, 4) is 0 Å². The summed E-state index contributed by atoms with van der Waals surface area (Å²) in [6.45, 7) is 2.48. The summed E-state index contributed by atoms with van der Waals surface area (Å²) >= 11 is 5.87. The Labute approximate surface area is 117 Å². The molecule has 0 fully saturated rings. The number of nitrogens with one attached hydrogen (secondary N) is 1. The molecular formula is C15H15ClN2O. The topological polar surface area (TPSA) is 55.1 Å². The summed E-state index contributed by atoms with van der Waals surface area (Å²) < 4.78 is 0. The highest BCUT2D eigenvalue weighted by atomic mass is 35.5. The number of benzene rings is 2. The molecule has 1 amide bonds.